The van der Waals surface area contributed by atoms with Crippen molar-refractivity contribution in [2.75, 3.05) is 0 Å². The fourth-order valence-corrected chi connectivity index (χ4v) is 2.38. The maximum Gasteiger partial charge on any atom is 0.269 e. The molecule has 0 bridgehead atoms. The van der Waals surface area contributed by atoms with Gasteiger partial charge in [0.2, 0.25) is 5.65 Å². The summed E-state index contributed by atoms with van der Waals surface area (Å²) in [4.78, 5) is 23.8. The molecular weight excluding hydrogens is 294 g/mol. The number of benzene rings is 1. The Morgan fingerprint density at radius 1 is 1.22 bits per heavy atom. The van der Waals surface area contributed by atoms with E-state index in [1.807, 2.05) is 30.3 Å². The highest BCUT2D eigenvalue weighted by Gasteiger charge is 2.11. The number of carbonyl (C=O) groups is 1. The molecule has 0 radical (unpaired) electrons. The predicted molar refractivity (Wildman–Crippen MR) is 82.5 cm³/mol. The van der Waals surface area contributed by atoms with Crippen LogP contribution in [0.1, 0.15) is 16.1 Å². The highest BCUT2D eigenvalue weighted by molar-refractivity contribution is 5.91. The number of hydrogen-bond acceptors (Lipinski definition) is 6. The summed E-state index contributed by atoms with van der Waals surface area (Å²) in [5, 5.41) is 9.04. The van der Waals surface area contributed by atoms with Crippen molar-refractivity contribution in [2.45, 2.75) is 6.54 Å². The first-order valence-electron chi connectivity index (χ1n) is 6.90. The number of aromatic nitrogens is 6. The topological polar surface area (TPSA) is 112 Å². The van der Waals surface area contributed by atoms with E-state index in [0.717, 1.165) is 16.5 Å². The number of primary amides is 1. The second-order valence-electron chi connectivity index (χ2n) is 5.04. The van der Waals surface area contributed by atoms with Gasteiger partial charge in [-0.25, -0.2) is 14.6 Å². The highest BCUT2D eigenvalue weighted by atomic mass is 16.1. The Morgan fingerprint density at radius 2 is 2.13 bits per heavy atom. The van der Waals surface area contributed by atoms with Crippen molar-refractivity contribution >= 4 is 28.1 Å². The molecule has 0 unspecified atom stereocenters. The van der Waals surface area contributed by atoms with Crippen LogP contribution in [-0.2, 0) is 6.54 Å². The number of amides is 1. The molecule has 0 atom stereocenters. The molecule has 0 aliphatic heterocycles. The maximum absolute atomic E-state index is 11.2. The highest BCUT2D eigenvalue weighted by Crippen LogP contribution is 2.15. The van der Waals surface area contributed by atoms with Crippen LogP contribution in [0.5, 0.6) is 0 Å². The molecule has 0 aliphatic rings. The van der Waals surface area contributed by atoms with Gasteiger partial charge in [0.25, 0.3) is 5.91 Å². The molecule has 2 N–H and O–H groups in total. The largest absolute Gasteiger partial charge is 0.364 e. The first-order chi connectivity index (χ1) is 11.2. The van der Waals surface area contributed by atoms with E-state index in [1.54, 1.807) is 10.9 Å². The number of nitrogens with zero attached hydrogens (tertiary/aromatic N) is 6. The van der Waals surface area contributed by atoms with E-state index in [-0.39, 0.29) is 5.69 Å². The molecule has 8 heteroatoms. The standard InChI is InChI=1S/C15H11N7O/c16-13(23)12-7-18-14-15(19-12)22(21-20-14)8-9-3-4-11-10(6-9)2-1-5-17-11/h1-7H,8H2,(H2,16,23). The van der Waals surface area contributed by atoms with Gasteiger partial charge in [0.05, 0.1) is 18.3 Å². The van der Waals surface area contributed by atoms with Gasteiger partial charge in [0.15, 0.2) is 5.65 Å². The molecule has 4 aromatic rings. The van der Waals surface area contributed by atoms with Crippen molar-refractivity contribution in [2.24, 2.45) is 5.73 Å². The molecule has 3 aromatic heterocycles. The monoisotopic (exact) mass is 305 g/mol. The van der Waals surface area contributed by atoms with Gasteiger partial charge in [-0.05, 0) is 23.8 Å². The Balaban J connectivity index is 1.76. The minimum atomic E-state index is -0.635. The third kappa shape index (κ3) is 2.35. The fraction of sp³-hybridized carbons (Fsp3) is 0.0667. The van der Waals surface area contributed by atoms with E-state index < -0.39 is 5.91 Å². The van der Waals surface area contributed by atoms with Gasteiger partial charge in [-0.15, -0.1) is 5.10 Å². The fourth-order valence-electron chi connectivity index (χ4n) is 2.38. The zero-order valence-electron chi connectivity index (χ0n) is 11.9. The summed E-state index contributed by atoms with van der Waals surface area (Å²) in [5.41, 5.74) is 8.07. The number of rotatable bonds is 3. The second kappa shape index (κ2) is 5.09. The third-order valence-electron chi connectivity index (χ3n) is 3.48. The quantitative estimate of drug-likeness (QED) is 0.602. The van der Waals surface area contributed by atoms with Crippen LogP contribution < -0.4 is 5.73 Å². The van der Waals surface area contributed by atoms with Crippen molar-refractivity contribution in [3.05, 3.63) is 54.0 Å². The van der Waals surface area contributed by atoms with Crippen LogP contribution in [0.4, 0.5) is 0 Å². The van der Waals surface area contributed by atoms with E-state index in [2.05, 4.69) is 25.3 Å². The van der Waals surface area contributed by atoms with E-state index in [1.165, 1.54) is 6.20 Å². The summed E-state index contributed by atoms with van der Waals surface area (Å²) < 4.78 is 1.59. The molecule has 1 aromatic carbocycles. The minimum absolute atomic E-state index is 0.0868. The van der Waals surface area contributed by atoms with Gasteiger partial charge < -0.3 is 5.73 Å². The zero-order chi connectivity index (χ0) is 15.8. The van der Waals surface area contributed by atoms with E-state index >= 15 is 0 Å². The van der Waals surface area contributed by atoms with E-state index in [0.29, 0.717) is 17.8 Å². The lowest BCUT2D eigenvalue weighted by molar-refractivity contribution is 0.0995. The van der Waals surface area contributed by atoms with Crippen molar-refractivity contribution in [3.8, 4) is 0 Å². The lowest BCUT2D eigenvalue weighted by Crippen LogP contribution is -2.14. The molecule has 4 rings (SSSR count). The molecule has 0 saturated heterocycles. The van der Waals surface area contributed by atoms with Crippen molar-refractivity contribution in [1.82, 2.24) is 29.9 Å². The second-order valence-corrected chi connectivity index (χ2v) is 5.04. The summed E-state index contributed by atoms with van der Waals surface area (Å²) in [6.07, 6.45) is 3.05. The first kappa shape index (κ1) is 13.3. The lowest BCUT2D eigenvalue weighted by Gasteiger charge is -2.04. The van der Waals surface area contributed by atoms with Crippen LogP contribution in [0.2, 0.25) is 0 Å². The van der Waals surface area contributed by atoms with Crippen molar-refractivity contribution in [1.29, 1.82) is 0 Å². The molecule has 0 aliphatic carbocycles. The number of carbonyl (C=O) groups excluding carboxylic acids is 1. The minimum Gasteiger partial charge on any atom is -0.364 e. The molecule has 8 nitrogen and oxygen atoms in total. The Bertz CT molecular complexity index is 1040. The SMILES string of the molecule is NC(=O)c1cnc2nnn(Cc3ccc4ncccc4c3)c2n1. The van der Waals surface area contributed by atoms with Gasteiger partial charge in [0.1, 0.15) is 5.69 Å². The molecule has 1 amide bonds. The number of hydrogen-bond donors (Lipinski definition) is 1. The van der Waals surface area contributed by atoms with E-state index in [9.17, 15) is 4.79 Å². The van der Waals surface area contributed by atoms with Crippen molar-refractivity contribution in [3.63, 3.8) is 0 Å². The van der Waals surface area contributed by atoms with Crippen LogP contribution in [0.15, 0.2) is 42.7 Å². The zero-order valence-corrected chi connectivity index (χ0v) is 11.9. The Labute approximate surface area is 130 Å². The maximum atomic E-state index is 11.2. The molecule has 0 spiro atoms. The summed E-state index contributed by atoms with van der Waals surface area (Å²) in [7, 11) is 0. The van der Waals surface area contributed by atoms with Crippen LogP contribution in [0.3, 0.4) is 0 Å². The summed E-state index contributed by atoms with van der Waals surface area (Å²) >= 11 is 0. The third-order valence-corrected chi connectivity index (χ3v) is 3.48. The van der Waals surface area contributed by atoms with Gasteiger partial charge in [-0.1, -0.05) is 17.3 Å². The predicted octanol–water partition coefficient (Wildman–Crippen LogP) is 0.917. The van der Waals surface area contributed by atoms with Gasteiger partial charge in [0, 0.05) is 11.6 Å². The first-order valence-corrected chi connectivity index (χ1v) is 6.90. The molecule has 23 heavy (non-hydrogen) atoms. The summed E-state index contributed by atoms with van der Waals surface area (Å²) in [5.74, 6) is -0.635. The van der Waals surface area contributed by atoms with Gasteiger partial charge in [-0.2, -0.15) is 0 Å². The van der Waals surface area contributed by atoms with Gasteiger partial charge in [-0.3, -0.25) is 9.78 Å². The molecule has 0 saturated carbocycles. The van der Waals surface area contributed by atoms with Crippen molar-refractivity contribution < 1.29 is 4.79 Å². The van der Waals surface area contributed by atoms with Crippen LogP contribution in [-0.4, -0.2) is 35.9 Å². The number of pyridine rings is 1. The Morgan fingerprint density at radius 3 is 3.00 bits per heavy atom. The van der Waals surface area contributed by atoms with Crippen LogP contribution in [0.25, 0.3) is 22.2 Å². The Hall–Kier alpha value is -3.42. The smallest absolute Gasteiger partial charge is 0.269 e. The van der Waals surface area contributed by atoms with E-state index in [4.69, 9.17) is 5.73 Å². The van der Waals surface area contributed by atoms with Gasteiger partial charge >= 0.3 is 0 Å². The molecule has 3 heterocycles. The van der Waals surface area contributed by atoms with Crippen LogP contribution in [0, 0.1) is 0 Å². The molecular formula is C15H11N7O. The number of nitrogens with two attached hydrogens (primary N) is 1. The Kier molecular flexibility index (Phi) is 2.94. The normalized spacial score (nSPS) is 11.1. The summed E-state index contributed by atoms with van der Waals surface area (Å²) in [6, 6.07) is 9.83. The average Bonchev–Trinajstić information content (AvgIpc) is 2.97. The lowest BCUT2D eigenvalue weighted by atomic mass is 10.1. The summed E-state index contributed by atoms with van der Waals surface area (Å²) in [6.45, 7) is 0.457. The van der Waals surface area contributed by atoms with Crippen LogP contribution >= 0.6 is 0 Å². The molecule has 112 valence electrons. The number of fused-ring (bicyclic) bond motifs is 2. The molecule has 0 fully saturated rings. The average molecular weight is 305 g/mol.